The zero-order chi connectivity index (χ0) is 19.8. The maximum atomic E-state index is 14.5. The van der Waals surface area contributed by atoms with Crippen LogP contribution in [0.1, 0.15) is 42.0 Å². The normalized spacial score (nSPS) is 11.5. The van der Waals surface area contributed by atoms with E-state index in [-0.39, 0.29) is 5.82 Å². The van der Waals surface area contributed by atoms with Crippen molar-refractivity contribution < 1.29 is 4.39 Å². The number of benzene rings is 3. The third kappa shape index (κ3) is 5.23. The van der Waals surface area contributed by atoms with Crippen molar-refractivity contribution in [2.75, 3.05) is 0 Å². The summed E-state index contributed by atoms with van der Waals surface area (Å²) >= 11 is 0. The van der Waals surface area contributed by atoms with Crippen LogP contribution in [-0.4, -0.2) is 12.4 Å². The first-order valence-corrected chi connectivity index (χ1v) is 9.68. The first-order valence-electron chi connectivity index (χ1n) is 9.68. The van der Waals surface area contributed by atoms with Crippen molar-refractivity contribution in [3.8, 4) is 11.1 Å². The molecule has 0 aromatic heterocycles. The molecule has 0 aliphatic heterocycles. The minimum atomic E-state index is -0.262. The largest absolute Gasteiger partial charge is 0.206 e. The van der Waals surface area contributed by atoms with Gasteiger partial charge in [-0.15, -0.1) is 0 Å². The van der Waals surface area contributed by atoms with Crippen LogP contribution in [-0.2, 0) is 6.42 Å². The van der Waals surface area contributed by atoms with E-state index >= 15 is 0 Å². The fourth-order valence-corrected chi connectivity index (χ4v) is 3.03. The molecule has 0 unspecified atom stereocenters. The van der Waals surface area contributed by atoms with Crippen LogP contribution in [0.15, 0.2) is 76.9 Å². The van der Waals surface area contributed by atoms with Gasteiger partial charge in [0, 0.05) is 5.56 Å². The lowest BCUT2D eigenvalue weighted by Crippen LogP contribution is -1.92. The predicted octanol–water partition coefficient (Wildman–Crippen LogP) is 6.60. The Balaban J connectivity index is 1.70. The van der Waals surface area contributed by atoms with Gasteiger partial charge in [0.1, 0.15) is 5.82 Å². The highest BCUT2D eigenvalue weighted by molar-refractivity contribution is 5.84. The molecule has 0 aliphatic rings. The smallest absolute Gasteiger partial charge is 0.131 e. The van der Waals surface area contributed by atoms with Gasteiger partial charge in [0.15, 0.2) is 0 Å². The molecule has 0 heterocycles. The van der Waals surface area contributed by atoms with Crippen LogP contribution >= 0.6 is 0 Å². The molecule has 0 radical (unpaired) electrons. The van der Waals surface area contributed by atoms with Crippen molar-refractivity contribution in [2.45, 2.75) is 33.1 Å². The van der Waals surface area contributed by atoms with E-state index in [1.54, 1.807) is 18.5 Å². The molecule has 0 saturated carbocycles. The monoisotopic (exact) mass is 372 g/mol. The Kier molecular flexibility index (Phi) is 6.85. The summed E-state index contributed by atoms with van der Waals surface area (Å²) in [4.78, 5) is 0. The summed E-state index contributed by atoms with van der Waals surface area (Å²) < 4.78 is 14.5. The van der Waals surface area contributed by atoms with Gasteiger partial charge in [0.05, 0.1) is 12.4 Å². The number of aryl methyl sites for hydroxylation is 2. The molecule has 3 heteroatoms. The lowest BCUT2D eigenvalue weighted by molar-refractivity contribution is 0.631. The number of unbranched alkanes of at least 4 members (excludes halogenated alkanes) is 1. The third-order valence-electron chi connectivity index (χ3n) is 4.68. The van der Waals surface area contributed by atoms with Crippen molar-refractivity contribution in [3.05, 3.63) is 94.8 Å². The zero-order valence-electron chi connectivity index (χ0n) is 16.4. The average Bonchev–Trinajstić information content (AvgIpc) is 2.71. The summed E-state index contributed by atoms with van der Waals surface area (Å²) in [5.41, 5.74) is 5.65. The quantitative estimate of drug-likeness (QED) is 0.330. The Bertz CT molecular complexity index is 972. The highest BCUT2D eigenvalue weighted by Gasteiger charge is 2.05. The molecule has 0 fully saturated rings. The molecule has 0 aliphatic carbocycles. The van der Waals surface area contributed by atoms with Crippen LogP contribution in [0.4, 0.5) is 4.39 Å². The van der Waals surface area contributed by atoms with Crippen molar-refractivity contribution in [1.82, 2.24) is 0 Å². The zero-order valence-corrected chi connectivity index (χ0v) is 16.4. The molecular weight excluding hydrogens is 347 g/mol. The van der Waals surface area contributed by atoms with Crippen molar-refractivity contribution in [1.29, 1.82) is 0 Å². The maximum Gasteiger partial charge on any atom is 0.131 e. The number of hydrogen-bond donors (Lipinski definition) is 0. The van der Waals surface area contributed by atoms with E-state index in [9.17, 15) is 4.39 Å². The van der Waals surface area contributed by atoms with E-state index in [2.05, 4.69) is 23.2 Å². The van der Waals surface area contributed by atoms with Crippen LogP contribution < -0.4 is 0 Å². The number of hydrogen-bond acceptors (Lipinski definition) is 2. The first kappa shape index (κ1) is 19.7. The Morgan fingerprint density at radius 1 is 0.893 bits per heavy atom. The summed E-state index contributed by atoms with van der Waals surface area (Å²) in [5, 5.41) is 8.24. The molecule has 142 valence electrons. The topological polar surface area (TPSA) is 24.7 Å². The van der Waals surface area contributed by atoms with Gasteiger partial charge in [-0.1, -0.05) is 79.6 Å². The summed E-state index contributed by atoms with van der Waals surface area (Å²) in [5.74, 6) is -0.262. The fraction of sp³-hybridized carbons (Fsp3) is 0.200. The second-order valence-electron chi connectivity index (χ2n) is 6.90. The van der Waals surface area contributed by atoms with E-state index in [1.165, 1.54) is 11.6 Å². The van der Waals surface area contributed by atoms with E-state index in [4.69, 9.17) is 0 Å². The van der Waals surface area contributed by atoms with Crippen LogP contribution in [0.5, 0.6) is 0 Å². The second-order valence-corrected chi connectivity index (χ2v) is 6.90. The van der Waals surface area contributed by atoms with E-state index in [1.807, 2.05) is 55.5 Å². The molecule has 0 atom stereocenters. The van der Waals surface area contributed by atoms with Gasteiger partial charge in [-0.05, 0) is 48.1 Å². The van der Waals surface area contributed by atoms with Crippen molar-refractivity contribution in [2.24, 2.45) is 10.2 Å². The van der Waals surface area contributed by atoms with Crippen LogP contribution in [0, 0.1) is 12.7 Å². The van der Waals surface area contributed by atoms with E-state index in [0.717, 1.165) is 36.0 Å². The van der Waals surface area contributed by atoms with Gasteiger partial charge in [-0.2, -0.15) is 10.2 Å². The molecule has 0 N–H and O–H groups in total. The highest BCUT2D eigenvalue weighted by Crippen LogP contribution is 2.23. The minimum absolute atomic E-state index is 0.262. The van der Waals surface area contributed by atoms with Gasteiger partial charge in [-0.25, -0.2) is 4.39 Å². The lowest BCUT2D eigenvalue weighted by Gasteiger charge is -2.05. The van der Waals surface area contributed by atoms with Crippen LogP contribution in [0.3, 0.4) is 0 Å². The van der Waals surface area contributed by atoms with E-state index < -0.39 is 0 Å². The lowest BCUT2D eigenvalue weighted by atomic mass is 10.0. The maximum absolute atomic E-state index is 14.5. The van der Waals surface area contributed by atoms with E-state index in [0.29, 0.717) is 11.1 Å². The number of rotatable bonds is 7. The Hall–Kier alpha value is -3.07. The molecule has 0 amide bonds. The number of halogens is 1. The molecular formula is C25H25FN2. The fourth-order valence-electron chi connectivity index (χ4n) is 3.03. The van der Waals surface area contributed by atoms with Crippen molar-refractivity contribution >= 4 is 12.4 Å². The Labute approximate surface area is 166 Å². The standard InChI is InChI=1S/C25H25FN2/c1-3-4-7-21-8-5-6-9-23(21)18-28-27-17-20-12-15-24(25(26)16-20)22-13-10-19(2)11-14-22/h5-6,8-18H,3-4,7H2,1-2H3. The molecule has 0 saturated heterocycles. The average molecular weight is 372 g/mol. The van der Waals surface area contributed by atoms with Crippen LogP contribution in [0.25, 0.3) is 11.1 Å². The SMILES string of the molecule is CCCCc1ccccc1C=NN=Cc1ccc(-c2ccc(C)cc2)c(F)c1. The molecule has 3 aromatic carbocycles. The van der Waals surface area contributed by atoms with Crippen molar-refractivity contribution in [3.63, 3.8) is 0 Å². The highest BCUT2D eigenvalue weighted by atomic mass is 19.1. The minimum Gasteiger partial charge on any atom is -0.206 e. The molecule has 0 bridgehead atoms. The summed E-state index contributed by atoms with van der Waals surface area (Å²) in [6.45, 7) is 4.20. The summed E-state index contributed by atoms with van der Waals surface area (Å²) in [7, 11) is 0. The molecule has 3 rings (SSSR count). The summed E-state index contributed by atoms with van der Waals surface area (Å²) in [6.07, 6.45) is 6.69. The second kappa shape index (κ2) is 9.75. The van der Waals surface area contributed by atoms with Gasteiger partial charge in [-0.3, -0.25) is 0 Å². The summed E-state index contributed by atoms with van der Waals surface area (Å²) in [6, 6.07) is 21.2. The first-order chi connectivity index (χ1) is 13.7. The molecule has 2 nitrogen and oxygen atoms in total. The van der Waals surface area contributed by atoms with Gasteiger partial charge < -0.3 is 0 Å². The van der Waals surface area contributed by atoms with Gasteiger partial charge >= 0.3 is 0 Å². The predicted molar refractivity (Wildman–Crippen MR) is 117 cm³/mol. The van der Waals surface area contributed by atoms with Crippen LogP contribution in [0.2, 0.25) is 0 Å². The Morgan fingerprint density at radius 3 is 2.39 bits per heavy atom. The molecule has 28 heavy (non-hydrogen) atoms. The number of nitrogens with zero attached hydrogens (tertiary/aromatic N) is 2. The van der Waals surface area contributed by atoms with Gasteiger partial charge in [0.25, 0.3) is 0 Å². The van der Waals surface area contributed by atoms with Gasteiger partial charge in [0.2, 0.25) is 0 Å². The molecule has 0 spiro atoms. The third-order valence-corrected chi connectivity index (χ3v) is 4.68. The molecule has 3 aromatic rings. The Morgan fingerprint density at radius 2 is 1.64 bits per heavy atom.